The van der Waals surface area contributed by atoms with E-state index in [0.29, 0.717) is 19.5 Å². The van der Waals surface area contributed by atoms with Crippen molar-refractivity contribution in [2.24, 2.45) is 17.4 Å². The van der Waals surface area contributed by atoms with Crippen LogP contribution in [0.1, 0.15) is 84.0 Å². The number of nitrogens with two attached hydrogens (primary N) is 2. The summed E-state index contributed by atoms with van der Waals surface area (Å²) in [6.07, 6.45) is 12.2. The first-order valence-corrected chi connectivity index (χ1v) is 10.6. The molecular weight excluding hydrogens is 328 g/mol. The number of carbonyl (C=O) groups is 2. The van der Waals surface area contributed by atoms with Crippen LogP contribution in [0.3, 0.4) is 0 Å². The number of hydrogen-bond acceptors (Lipinski definition) is 4. The van der Waals surface area contributed by atoms with E-state index in [2.05, 4.69) is 10.6 Å². The summed E-state index contributed by atoms with van der Waals surface area (Å²) in [7, 11) is 0. The van der Waals surface area contributed by atoms with Gasteiger partial charge in [0.1, 0.15) is 0 Å². The molecule has 0 aromatic rings. The van der Waals surface area contributed by atoms with E-state index in [-0.39, 0.29) is 23.8 Å². The predicted molar refractivity (Wildman–Crippen MR) is 107 cm³/mol. The minimum Gasteiger partial charge on any atom is -0.356 e. The first-order valence-electron chi connectivity index (χ1n) is 10.6. The molecule has 2 unspecified atom stereocenters. The molecule has 152 valence electrons. The minimum absolute atomic E-state index is 0.0762. The molecule has 1 aliphatic carbocycles. The van der Waals surface area contributed by atoms with Gasteiger partial charge in [-0.05, 0) is 58.4 Å². The molecule has 1 fully saturated rings. The van der Waals surface area contributed by atoms with Crippen LogP contribution in [0.2, 0.25) is 0 Å². The molecular formula is C20H40N4O2. The van der Waals surface area contributed by atoms with Crippen LogP contribution in [-0.4, -0.2) is 37.0 Å². The van der Waals surface area contributed by atoms with Gasteiger partial charge in [0.15, 0.2) is 0 Å². The summed E-state index contributed by atoms with van der Waals surface area (Å²) < 4.78 is 0. The Labute approximate surface area is 159 Å². The van der Waals surface area contributed by atoms with Gasteiger partial charge in [-0.1, -0.05) is 32.1 Å². The average Bonchev–Trinajstić information content (AvgIpc) is 2.90. The lowest BCUT2D eigenvalue weighted by molar-refractivity contribution is -0.125. The molecule has 0 saturated heterocycles. The molecule has 1 saturated carbocycles. The van der Waals surface area contributed by atoms with E-state index < -0.39 is 6.04 Å². The van der Waals surface area contributed by atoms with Crippen LogP contribution in [0.5, 0.6) is 0 Å². The summed E-state index contributed by atoms with van der Waals surface area (Å²) in [5.41, 5.74) is 11.5. The van der Waals surface area contributed by atoms with Gasteiger partial charge in [-0.2, -0.15) is 0 Å². The second-order valence-electron chi connectivity index (χ2n) is 7.78. The van der Waals surface area contributed by atoms with E-state index in [9.17, 15) is 9.59 Å². The zero-order valence-corrected chi connectivity index (χ0v) is 16.6. The Bertz CT molecular complexity index is 395. The van der Waals surface area contributed by atoms with E-state index in [1.54, 1.807) is 0 Å². The van der Waals surface area contributed by atoms with Crippen LogP contribution < -0.4 is 22.1 Å². The predicted octanol–water partition coefficient (Wildman–Crippen LogP) is 2.20. The average molecular weight is 369 g/mol. The lowest BCUT2D eigenvalue weighted by Gasteiger charge is -2.18. The molecule has 26 heavy (non-hydrogen) atoms. The fourth-order valence-electron chi connectivity index (χ4n) is 3.53. The Kier molecular flexibility index (Phi) is 12.3. The first kappa shape index (κ1) is 22.9. The fourth-order valence-corrected chi connectivity index (χ4v) is 3.53. The van der Waals surface area contributed by atoms with Crippen molar-refractivity contribution >= 4 is 11.8 Å². The molecule has 0 aromatic heterocycles. The number of nitrogens with one attached hydrogen (secondary N) is 2. The zero-order chi connectivity index (χ0) is 19.2. The van der Waals surface area contributed by atoms with Crippen molar-refractivity contribution in [3.05, 3.63) is 0 Å². The smallest absolute Gasteiger partial charge is 0.237 e. The number of hydrogen-bond donors (Lipinski definition) is 4. The topological polar surface area (TPSA) is 110 Å². The SMILES string of the molecule is CC(CCCCN)NC(=O)C(N)CCCCNC(=O)C1CCCCCC1. The Morgan fingerprint density at radius 1 is 1.00 bits per heavy atom. The molecule has 0 aromatic carbocycles. The maximum atomic E-state index is 12.2. The van der Waals surface area contributed by atoms with Crippen molar-refractivity contribution in [2.75, 3.05) is 13.1 Å². The molecule has 1 rings (SSSR count). The number of unbranched alkanes of at least 4 members (excludes halogenated alkanes) is 2. The third-order valence-electron chi connectivity index (χ3n) is 5.28. The van der Waals surface area contributed by atoms with Crippen molar-refractivity contribution in [3.63, 3.8) is 0 Å². The largest absolute Gasteiger partial charge is 0.356 e. The Morgan fingerprint density at radius 2 is 1.65 bits per heavy atom. The number of amides is 2. The fraction of sp³-hybridized carbons (Fsp3) is 0.900. The van der Waals surface area contributed by atoms with Crippen LogP contribution in [-0.2, 0) is 9.59 Å². The molecule has 0 aliphatic heterocycles. The van der Waals surface area contributed by atoms with Crippen molar-refractivity contribution in [2.45, 2.75) is 96.1 Å². The maximum Gasteiger partial charge on any atom is 0.237 e. The minimum atomic E-state index is -0.468. The van der Waals surface area contributed by atoms with Crippen LogP contribution in [0.4, 0.5) is 0 Å². The quantitative estimate of drug-likeness (QED) is 0.313. The molecule has 2 amide bonds. The second kappa shape index (κ2) is 14.0. The lowest BCUT2D eigenvalue weighted by atomic mass is 9.99. The Balaban J connectivity index is 2.08. The van der Waals surface area contributed by atoms with Gasteiger partial charge >= 0.3 is 0 Å². The van der Waals surface area contributed by atoms with E-state index in [1.165, 1.54) is 25.7 Å². The maximum absolute atomic E-state index is 12.2. The summed E-state index contributed by atoms with van der Waals surface area (Å²) in [6.45, 7) is 3.38. The zero-order valence-electron chi connectivity index (χ0n) is 16.6. The highest BCUT2D eigenvalue weighted by molar-refractivity contribution is 5.81. The van der Waals surface area contributed by atoms with Crippen LogP contribution in [0.15, 0.2) is 0 Å². The van der Waals surface area contributed by atoms with Crippen molar-refractivity contribution in [1.29, 1.82) is 0 Å². The van der Waals surface area contributed by atoms with E-state index in [1.807, 2.05) is 6.92 Å². The molecule has 1 aliphatic rings. The standard InChI is InChI=1S/C20H40N4O2/c1-16(10-6-8-14-21)24-20(26)18(22)13-7-9-15-23-19(25)17-11-4-2-3-5-12-17/h16-18H,2-15,21-22H2,1H3,(H,23,25)(H,24,26). The normalized spacial score (nSPS) is 18.0. The Morgan fingerprint density at radius 3 is 2.31 bits per heavy atom. The number of rotatable bonds is 12. The van der Waals surface area contributed by atoms with Crippen LogP contribution in [0, 0.1) is 5.92 Å². The van der Waals surface area contributed by atoms with Crippen molar-refractivity contribution in [3.8, 4) is 0 Å². The molecule has 2 atom stereocenters. The molecule has 0 bridgehead atoms. The highest BCUT2D eigenvalue weighted by atomic mass is 16.2. The summed E-state index contributed by atoms with van der Waals surface area (Å²) in [5, 5.41) is 6.03. The highest BCUT2D eigenvalue weighted by Crippen LogP contribution is 2.22. The van der Waals surface area contributed by atoms with Crippen LogP contribution >= 0.6 is 0 Å². The highest BCUT2D eigenvalue weighted by Gasteiger charge is 2.19. The summed E-state index contributed by atoms with van der Waals surface area (Å²) in [6, 6.07) is -0.330. The van der Waals surface area contributed by atoms with Gasteiger partial charge in [0.25, 0.3) is 0 Å². The third-order valence-corrected chi connectivity index (χ3v) is 5.28. The molecule has 0 spiro atoms. The lowest BCUT2D eigenvalue weighted by Crippen LogP contribution is -2.44. The summed E-state index contributed by atoms with van der Waals surface area (Å²) in [4.78, 5) is 24.2. The number of carbonyl (C=O) groups excluding carboxylic acids is 2. The van der Waals surface area contributed by atoms with Gasteiger partial charge in [-0.15, -0.1) is 0 Å². The van der Waals surface area contributed by atoms with Gasteiger partial charge in [-0.25, -0.2) is 0 Å². The van der Waals surface area contributed by atoms with E-state index in [0.717, 1.165) is 44.9 Å². The van der Waals surface area contributed by atoms with Gasteiger partial charge in [0.05, 0.1) is 6.04 Å². The molecule has 6 heteroatoms. The second-order valence-corrected chi connectivity index (χ2v) is 7.78. The monoisotopic (exact) mass is 368 g/mol. The molecule has 6 N–H and O–H groups in total. The summed E-state index contributed by atoms with van der Waals surface area (Å²) in [5.74, 6) is 0.333. The first-order chi connectivity index (χ1) is 12.5. The van der Waals surface area contributed by atoms with Gasteiger partial charge < -0.3 is 22.1 Å². The van der Waals surface area contributed by atoms with Crippen molar-refractivity contribution in [1.82, 2.24) is 10.6 Å². The Hall–Kier alpha value is -1.14. The van der Waals surface area contributed by atoms with Crippen LogP contribution in [0.25, 0.3) is 0 Å². The third kappa shape index (κ3) is 10.1. The van der Waals surface area contributed by atoms with Gasteiger partial charge in [0, 0.05) is 18.5 Å². The van der Waals surface area contributed by atoms with E-state index in [4.69, 9.17) is 11.5 Å². The molecule has 6 nitrogen and oxygen atoms in total. The van der Waals surface area contributed by atoms with Gasteiger partial charge in [-0.3, -0.25) is 9.59 Å². The van der Waals surface area contributed by atoms with Crippen molar-refractivity contribution < 1.29 is 9.59 Å². The van der Waals surface area contributed by atoms with Gasteiger partial charge in [0.2, 0.25) is 11.8 Å². The summed E-state index contributed by atoms with van der Waals surface area (Å²) >= 11 is 0. The molecule has 0 radical (unpaired) electrons. The molecule has 0 heterocycles. The van der Waals surface area contributed by atoms with E-state index >= 15 is 0 Å².